The lowest BCUT2D eigenvalue weighted by atomic mass is 10.0. The number of pyridine rings is 1. The third kappa shape index (κ3) is 3.71. The van der Waals surface area contributed by atoms with Gasteiger partial charge in [0.2, 0.25) is 0 Å². The predicted molar refractivity (Wildman–Crippen MR) is 65.1 cm³/mol. The molecule has 0 spiro atoms. The second kappa shape index (κ2) is 6.20. The molecule has 1 aromatic rings. The molecule has 0 radical (unpaired) electrons. The molecule has 0 fully saturated rings. The number of rotatable bonds is 6. The summed E-state index contributed by atoms with van der Waals surface area (Å²) in [6.07, 6.45) is 3.52. The second-order valence-electron chi connectivity index (χ2n) is 4.23. The van der Waals surface area contributed by atoms with Gasteiger partial charge < -0.3 is 15.5 Å². The highest BCUT2D eigenvalue weighted by Crippen LogP contribution is 2.18. The average Bonchev–Trinajstić information content (AvgIpc) is 2.28. The van der Waals surface area contributed by atoms with E-state index in [-0.39, 0.29) is 18.2 Å². The van der Waals surface area contributed by atoms with Gasteiger partial charge in [-0.05, 0) is 18.4 Å². The van der Waals surface area contributed by atoms with Gasteiger partial charge in [0.1, 0.15) is 0 Å². The number of carbonyl (C=O) groups is 1. The highest BCUT2D eigenvalue weighted by atomic mass is 16.4. The summed E-state index contributed by atoms with van der Waals surface area (Å²) >= 11 is 0. The van der Waals surface area contributed by atoms with Crippen LogP contribution in [0.15, 0.2) is 18.5 Å². The molecule has 0 saturated heterocycles. The van der Waals surface area contributed by atoms with Crippen molar-refractivity contribution >= 4 is 11.7 Å². The lowest BCUT2D eigenvalue weighted by molar-refractivity contribution is 0.0697. The van der Waals surface area contributed by atoms with Crippen LogP contribution in [0, 0.1) is 5.92 Å². The standard InChI is InChI=1S/C12H18N2O3/c1-8(2)10(4-6-15)14-11-7-13-5-3-9(11)12(16)17/h3,5,7-8,10,14-15H,4,6H2,1-2H3,(H,16,17). The smallest absolute Gasteiger partial charge is 0.337 e. The Morgan fingerprint density at radius 3 is 2.76 bits per heavy atom. The van der Waals surface area contributed by atoms with Crippen LogP contribution in [0.3, 0.4) is 0 Å². The lowest BCUT2D eigenvalue weighted by Gasteiger charge is -2.23. The summed E-state index contributed by atoms with van der Waals surface area (Å²) in [6.45, 7) is 4.10. The monoisotopic (exact) mass is 238 g/mol. The molecule has 5 heteroatoms. The number of carboxylic acids is 1. The number of hydrogen-bond acceptors (Lipinski definition) is 4. The second-order valence-corrected chi connectivity index (χ2v) is 4.23. The summed E-state index contributed by atoms with van der Waals surface area (Å²) in [4.78, 5) is 14.9. The SMILES string of the molecule is CC(C)C(CCO)Nc1cnccc1C(=O)O. The number of aliphatic hydroxyl groups excluding tert-OH is 1. The quantitative estimate of drug-likeness (QED) is 0.701. The maximum atomic E-state index is 11.0. The zero-order valence-electron chi connectivity index (χ0n) is 10.1. The number of aromatic carboxylic acids is 1. The molecule has 1 rings (SSSR count). The van der Waals surface area contributed by atoms with Crippen molar-refractivity contribution in [3.63, 3.8) is 0 Å². The van der Waals surface area contributed by atoms with Crippen LogP contribution in [0.25, 0.3) is 0 Å². The molecule has 1 atom stereocenters. The summed E-state index contributed by atoms with van der Waals surface area (Å²) < 4.78 is 0. The van der Waals surface area contributed by atoms with E-state index >= 15 is 0 Å². The summed E-state index contributed by atoms with van der Waals surface area (Å²) in [5, 5.41) is 21.1. The third-order valence-electron chi connectivity index (χ3n) is 2.64. The Hall–Kier alpha value is -1.62. The van der Waals surface area contributed by atoms with Crippen LogP contribution in [0.4, 0.5) is 5.69 Å². The number of anilines is 1. The molecule has 1 unspecified atom stereocenters. The molecule has 0 aliphatic rings. The molecular formula is C12H18N2O3. The number of aromatic nitrogens is 1. The van der Waals surface area contributed by atoms with E-state index < -0.39 is 5.97 Å². The number of aliphatic hydroxyl groups is 1. The molecular weight excluding hydrogens is 220 g/mol. The summed E-state index contributed by atoms with van der Waals surface area (Å²) in [6, 6.07) is 1.49. The Morgan fingerprint density at radius 2 is 2.24 bits per heavy atom. The molecule has 0 amide bonds. The van der Waals surface area contributed by atoms with Gasteiger partial charge in [-0.2, -0.15) is 0 Å². The predicted octanol–water partition coefficient (Wildman–Crippen LogP) is 1.60. The van der Waals surface area contributed by atoms with E-state index in [0.717, 1.165) is 0 Å². The minimum absolute atomic E-state index is 0.0299. The van der Waals surface area contributed by atoms with E-state index in [2.05, 4.69) is 10.3 Å². The number of hydrogen-bond donors (Lipinski definition) is 3. The molecule has 3 N–H and O–H groups in total. The Kier molecular flexibility index (Phi) is 4.90. The van der Waals surface area contributed by atoms with Gasteiger partial charge in [-0.1, -0.05) is 13.8 Å². The normalized spacial score (nSPS) is 12.5. The van der Waals surface area contributed by atoms with Crippen molar-refractivity contribution in [2.75, 3.05) is 11.9 Å². The van der Waals surface area contributed by atoms with Crippen LogP contribution < -0.4 is 5.32 Å². The molecule has 0 aliphatic heterocycles. The number of nitrogens with one attached hydrogen (secondary N) is 1. The van der Waals surface area contributed by atoms with Crippen molar-refractivity contribution in [3.05, 3.63) is 24.0 Å². The first-order chi connectivity index (χ1) is 8.06. The lowest BCUT2D eigenvalue weighted by Crippen LogP contribution is -2.27. The van der Waals surface area contributed by atoms with Crippen LogP contribution >= 0.6 is 0 Å². The van der Waals surface area contributed by atoms with Crippen molar-refractivity contribution in [2.24, 2.45) is 5.92 Å². The van der Waals surface area contributed by atoms with Gasteiger partial charge in [-0.15, -0.1) is 0 Å². The maximum Gasteiger partial charge on any atom is 0.337 e. The molecule has 0 aliphatic carbocycles. The van der Waals surface area contributed by atoms with E-state index in [1.165, 1.54) is 18.5 Å². The van der Waals surface area contributed by atoms with E-state index in [9.17, 15) is 4.79 Å². The fraction of sp³-hybridized carbons (Fsp3) is 0.500. The van der Waals surface area contributed by atoms with Crippen molar-refractivity contribution in [3.8, 4) is 0 Å². The van der Waals surface area contributed by atoms with Gasteiger partial charge in [-0.3, -0.25) is 4.98 Å². The molecule has 1 heterocycles. The van der Waals surface area contributed by atoms with Crippen molar-refractivity contribution in [1.82, 2.24) is 4.98 Å². The number of carboxylic acid groups (broad SMARTS) is 1. The Bertz CT molecular complexity index is 380. The molecule has 0 saturated carbocycles. The number of nitrogens with zero attached hydrogens (tertiary/aromatic N) is 1. The molecule has 0 aromatic carbocycles. The minimum atomic E-state index is -0.985. The first-order valence-electron chi connectivity index (χ1n) is 5.61. The fourth-order valence-corrected chi connectivity index (χ4v) is 1.61. The van der Waals surface area contributed by atoms with Gasteiger partial charge in [0.05, 0.1) is 17.4 Å². The largest absolute Gasteiger partial charge is 0.478 e. The molecule has 94 valence electrons. The first kappa shape index (κ1) is 13.4. The van der Waals surface area contributed by atoms with Gasteiger partial charge in [-0.25, -0.2) is 4.79 Å². The van der Waals surface area contributed by atoms with E-state index in [4.69, 9.17) is 10.2 Å². The van der Waals surface area contributed by atoms with Crippen molar-refractivity contribution in [1.29, 1.82) is 0 Å². The minimum Gasteiger partial charge on any atom is -0.478 e. The average molecular weight is 238 g/mol. The molecule has 17 heavy (non-hydrogen) atoms. The highest BCUT2D eigenvalue weighted by Gasteiger charge is 2.16. The Balaban J connectivity index is 2.88. The van der Waals surface area contributed by atoms with Crippen molar-refractivity contribution < 1.29 is 15.0 Å². The van der Waals surface area contributed by atoms with Gasteiger partial charge in [0.15, 0.2) is 0 Å². The zero-order chi connectivity index (χ0) is 12.8. The molecule has 5 nitrogen and oxygen atoms in total. The van der Waals surface area contributed by atoms with Gasteiger partial charge in [0, 0.05) is 18.8 Å². The third-order valence-corrected chi connectivity index (χ3v) is 2.64. The van der Waals surface area contributed by atoms with E-state index in [0.29, 0.717) is 18.0 Å². The maximum absolute atomic E-state index is 11.0. The van der Waals surface area contributed by atoms with E-state index in [1.54, 1.807) is 0 Å². The summed E-state index contributed by atoms with van der Waals surface area (Å²) in [7, 11) is 0. The summed E-state index contributed by atoms with van der Waals surface area (Å²) in [5.41, 5.74) is 0.690. The molecule has 0 bridgehead atoms. The highest BCUT2D eigenvalue weighted by molar-refractivity contribution is 5.93. The van der Waals surface area contributed by atoms with Crippen LogP contribution in [-0.2, 0) is 0 Å². The Morgan fingerprint density at radius 1 is 1.53 bits per heavy atom. The van der Waals surface area contributed by atoms with Gasteiger partial charge in [0.25, 0.3) is 0 Å². The van der Waals surface area contributed by atoms with Crippen LogP contribution in [0.2, 0.25) is 0 Å². The topological polar surface area (TPSA) is 82.5 Å². The van der Waals surface area contributed by atoms with Gasteiger partial charge >= 0.3 is 5.97 Å². The first-order valence-corrected chi connectivity index (χ1v) is 5.61. The van der Waals surface area contributed by atoms with Crippen LogP contribution in [-0.4, -0.2) is 33.8 Å². The fourth-order valence-electron chi connectivity index (χ4n) is 1.61. The van der Waals surface area contributed by atoms with E-state index in [1.807, 2.05) is 13.8 Å². The van der Waals surface area contributed by atoms with Crippen LogP contribution in [0.5, 0.6) is 0 Å². The Labute approximate surface area is 101 Å². The zero-order valence-corrected chi connectivity index (χ0v) is 10.1. The van der Waals surface area contributed by atoms with Crippen LogP contribution in [0.1, 0.15) is 30.6 Å². The van der Waals surface area contributed by atoms with Crippen molar-refractivity contribution in [2.45, 2.75) is 26.3 Å². The molecule has 1 aromatic heterocycles. The summed E-state index contributed by atoms with van der Waals surface area (Å²) in [5.74, 6) is -0.689.